The number of hydrogen-bond acceptors (Lipinski definition) is 3. The van der Waals surface area contributed by atoms with E-state index in [2.05, 4.69) is 5.32 Å². The van der Waals surface area contributed by atoms with Crippen LogP contribution in [0, 0.1) is 11.8 Å². The Balaban J connectivity index is 1.38. The summed E-state index contributed by atoms with van der Waals surface area (Å²) < 4.78 is 27.0. The van der Waals surface area contributed by atoms with Crippen molar-refractivity contribution in [2.75, 3.05) is 13.1 Å². The molecule has 7 heteroatoms. The van der Waals surface area contributed by atoms with Crippen LogP contribution in [-0.2, 0) is 14.8 Å². The monoisotopic (exact) mass is 432 g/mol. The van der Waals surface area contributed by atoms with Gasteiger partial charge in [-0.1, -0.05) is 41.9 Å². The van der Waals surface area contributed by atoms with Gasteiger partial charge in [0, 0.05) is 24.0 Å². The maximum atomic E-state index is 12.9. The van der Waals surface area contributed by atoms with Crippen LogP contribution in [-0.4, -0.2) is 31.7 Å². The Hall–Kier alpha value is -1.89. The van der Waals surface area contributed by atoms with Crippen LogP contribution < -0.4 is 5.32 Å². The Bertz CT molecular complexity index is 951. The number of sulfonamides is 1. The number of amides is 1. The fourth-order valence-corrected chi connectivity index (χ4v) is 5.56. The zero-order valence-corrected chi connectivity index (χ0v) is 17.7. The third-order valence-corrected chi connectivity index (χ3v) is 7.99. The molecule has 1 saturated carbocycles. The van der Waals surface area contributed by atoms with Crippen molar-refractivity contribution < 1.29 is 13.2 Å². The molecule has 29 heavy (non-hydrogen) atoms. The van der Waals surface area contributed by atoms with E-state index in [-0.39, 0.29) is 17.9 Å². The van der Waals surface area contributed by atoms with Gasteiger partial charge in [-0.2, -0.15) is 4.31 Å². The number of carbonyl (C=O) groups is 1. The van der Waals surface area contributed by atoms with Crippen LogP contribution in [0.3, 0.4) is 0 Å². The predicted molar refractivity (Wildman–Crippen MR) is 113 cm³/mol. The molecule has 2 aromatic rings. The van der Waals surface area contributed by atoms with E-state index in [1.165, 1.54) is 4.31 Å². The van der Waals surface area contributed by atoms with Gasteiger partial charge in [0.2, 0.25) is 15.9 Å². The van der Waals surface area contributed by atoms with Crippen LogP contribution in [0.5, 0.6) is 0 Å². The van der Waals surface area contributed by atoms with Gasteiger partial charge in [0.25, 0.3) is 0 Å². The topological polar surface area (TPSA) is 66.5 Å². The second-order valence-corrected chi connectivity index (χ2v) is 10.2. The van der Waals surface area contributed by atoms with E-state index in [1.54, 1.807) is 30.3 Å². The molecule has 0 aromatic heterocycles. The molecule has 1 amide bonds. The van der Waals surface area contributed by atoms with E-state index in [4.69, 9.17) is 11.6 Å². The molecule has 1 aliphatic heterocycles. The molecular weight excluding hydrogens is 408 g/mol. The smallest absolute Gasteiger partial charge is 0.243 e. The van der Waals surface area contributed by atoms with Crippen LogP contribution in [0.4, 0.5) is 0 Å². The zero-order valence-electron chi connectivity index (χ0n) is 16.1. The van der Waals surface area contributed by atoms with Gasteiger partial charge < -0.3 is 5.32 Å². The van der Waals surface area contributed by atoms with Crippen LogP contribution in [0.25, 0.3) is 0 Å². The van der Waals surface area contributed by atoms with Crippen molar-refractivity contribution in [1.29, 1.82) is 0 Å². The average Bonchev–Trinajstić information content (AvgIpc) is 3.58. The first kappa shape index (κ1) is 20.4. The first-order valence-electron chi connectivity index (χ1n) is 10.1. The predicted octanol–water partition coefficient (Wildman–Crippen LogP) is 4.01. The Morgan fingerprint density at radius 1 is 0.966 bits per heavy atom. The van der Waals surface area contributed by atoms with Crippen molar-refractivity contribution >= 4 is 27.5 Å². The summed E-state index contributed by atoms with van der Waals surface area (Å²) in [5, 5.41) is 3.90. The quantitative estimate of drug-likeness (QED) is 0.749. The molecule has 1 N–H and O–H groups in total. The number of nitrogens with one attached hydrogen (secondary N) is 1. The van der Waals surface area contributed by atoms with Gasteiger partial charge in [0.1, 0.15) is 0 Å². The van der Waals surface area contributed by atoms with Crippen LogP contribution in [0.2, 0.25) is 5.02 Å². The summed E-state index contributed by atoms with van der Waals surface area (Å²) in [6.45, 7) is 0.731. The van der Waals surface area contributed by atoms with Crippen LogP contribution in [0.1, 0.15) is 37.3 Å². The maximum absolute atomic E-state index is 12.9. The van der Waals surface area contributed by atoms with Crippen molar-refractivity contribution in [1.82, 2.24) is 9.62 Å². The molecule has 0 bridgehead atoms. The summed E-state index contributed by atoms with van der Waals surface area (Å²) in [6.07, 6.45) is 3.30. The molecular formula is C22H25ClN2O3S. The molecule has 0 unspecified atom stereocenters. The standard InChI is InChI=1S/C22H25ClN2O3S/c23-19-10-8-17(9-11-19)21(16-6-7-16)24-22(26)18-12-14-25(15-13-18)29(27,28)20-4-2-1-3-5-20/h1-5,8-11,16,18,21H,6-7,12-15H2,(H,24,26)/t21-/m1/s1. The number of hydrogen-bond donors (Lipinski definition) is 1. The van der Waals surface area contributed by atoms with Gasteiger partial charge in [-0.25, -0.2) is 8.42 Å². The van der Waals surface area contributed by atoms with E-state index in [1.807, 2.05) is 24.3 Å². The second kappa shape index (κ2) is 8.46. The summed E-state index contributed by atoms with van der Waals surface area (Å²) in [7, 11) is -3.50. The first-order chi connectivity index (χ1) is 13.9. The molecule has 1 heterocycles. The maximum Gasteiger partial charge on any atom is 0.243 e. The Labute approximate surface area is 177 Å². The number of rotatable bonds is 6. The van der Waals surface area contributed by atoms with Gasteiger partial charge in [0.15, 0.2) is 0 Å². The van der Waals surface area contributed by atoms with Crippen molar-refractivity contribution in [3.05, 3.63) is 65.2 Å². The van der Waals surface area contributed by atoms with Crippen LogP contribution >= 0.6 is 11.6 Å². The summed E-state index contributed by atoms with van der Waals surface area (Å²) in [5.74, 6) is 0.332. The number of piperidine rings is 1. The number of carbonyl (C=O) groups excluding carboxylic acids is 1. The van der Waals surface area contributed by atoms with Crippen molar-refractivity contribution in [3.8, 4) is 0 Å². The van der Waals surface area contributed by atoms with Gasteiger partial charge in [-0.3, -0.25) is 4.79 Å². The van der Waals surface area contributed by atoms with Crippen LogP contribution in [0.15, 0.2) is 59.5 Å². The molecule has 0 spiro atoms. The molecule has 5 nitrogen and oxygen atoms in total. The van der Waals surface area contributed by atoms with Crippen molar-refractivity contribution in [3.63, 3.8) is 0 Å². The molecule has 0 radical (unpaired) electrons. The SMILES string of the molecule is O=C(N[C@@H](c1ccc(Cl)cc1)C1CC1)C1CCN(S(=O)(=O)c2ccccc2)CC1. The zero-order chi connectivity index (χ0) is 20.4. The average molecular weight is 433 g/mol. The highest BCUT2D eigenvalue weighted by atomic mass is 35.5. The highest BCUT2D eigenvalue weighted by molar-refractivity contribution is 7.89. The minimum absolute atomic E-state index is 0.00541. The molecule has 2 aromatic carbocycles. The van der Waals surface area contributed by atoms with Gasteiger partial charge >= 0.3 is 0 Å². The molecule has 154 valence electrons. The molecule has 2 fully saturated rings. The number of nitrogens with zero attached hydrogens (tertiary/aromatic N) is 1. The second-order valence-electron chi connectivity index (χ2n) is 7.87. The summed E-state index contributed by atoms with van der Waals surface area (Å²) >= 11 is 5.99. The van der Waals surface area contributed by atoms with E-state index >= 15 is 0 Å². The Kier molecular flexibility index (Phi) is 5.95. The molecule has 1 aliphatic carbocycles. The Morgan fingerprint density at radius 2 is 1.59 bits per heavy atom. The lowest BCUT2D eigenvalue weighted by Gasteiger charge is -2.31. The first-order valence-corrected chi connectivity index (χ1v) is 11.9. The van der Waals surface area contributed by atoms with Gasteiger partial charge in [0.05, 0.1) is 10.9 Å². The minimum Gasteiger partial charge on any atom is -0.349 e. The molecule has 4 rings (SSSR count). The normalized spacial score (nSPS) is 19.6. The van der Waals surface area contributed by atoms with Gasteiger partial charge in [-0.05, 0) is 61.4 Å². The highest BCUT2D eigenvalue weighted by Crippen LogP contribution is 2.41. The fourth-order valence-electron chi connectivity index (χ4n) is 3.94. The number of halogens is 1. The fraction of sp³-hybridized carbons (Fsp3) is 0.409. The molecule has 2 aliphatic rings. The lowest BCUT2D eigenvalue weighted by molar-refractivity contribution is -0.127. The van der Waals surface area contributed by atoms with E-state index in [0.29, 0.717) is 41.8 Å². The lowest BCUT2D eigenvalue weighted by Crippen LogP contribution is -2.43. The third-order valence-electron chi connectivity index (χ3n) is 5.83. The number of benzene rings is 2. The molecule has 1 saturated heterocycles. The van der Waals surface area contributed by atoms with Crippen molar-refractivity contribution in [2.24, 2.45) is 11.8 Å². The summed E-state index contributed by atoms with van der Waals surface area (Å²) in [6, 6.07) is 16.1. The highest BCUT2D eigenvalue weighted by Gasteiger charge is 2.36. The van der Waals surface area contributed by atoms with E-state index in [0.717, 1.165) is 18.4 Å². The third kappa shape index (κ3) is 4.65. The van der Waals surface area contributed by atoms with Gasteiger partial charge in [-0.15, -0.1) is 0 Å². The van der Waals surface area contributed by atoms with E-state index in [9.17, 15) is 13.2 Å². The van der Waals surface area contributed by atoms with Crippen molar-refractivity contribution in [2.45, 2.75) is 36.6 Å². The Morgan fingerprint density at radius 3 is 2.17 bits per heavy atom. The van der Waals surface area contributed by atoms with E-state index < -0.39 is 10.0 Å². The largest absolute Gasteiger partial charge is 0.349 e. The molecule has 1 atom stereocenters. The summed E-state index contributed by atoms with van der Waals surface area (Å²) in [4.78, 5) is 13.2. The summed E-state index contributed by atoms with van der Waals surface area (Å²) in [5.41, 5.74) is 1.08. The lowest BCUT2D eigenvalue weighted by atomic mass is 9.95. The minimum atomic E-state index is -3.50.